The number of anilines is 1. The normalized spacial score (nSPS) is 11.0. The number of aryl methyl sites for hydroxylation is 1. The van der Waals surface area contributed by atoms with Crippen LogP contribution in [0, 0.1) is 0 Å². The van der Waals surface area contributed by atoms with E-state index in [-0.39, 0.29) is 0 Å². The summed E-state index contributed by atoms with van der Waals surface area (Å²) < 4.78 is 2.20. The molecule has 0 atom stereocenters. The van der Waals surface area contributed by atoms with Crippen LogP contribution in [0.1, 0.15) is 25.3 Å². The zero-order valence-corrected chi connectivity index (χ0v) is 13.1. The van der Waals surface area contributed by atoms with Gasteiger partial charge in [0.2, 0.25) is 5.95 Å². The molecule has 2 rings (SSSR count). The molecule has 1 aromatic carbocycles. The number of aromatic nitrogens is 2. The Bertz CT molecular complexity index is 507. The van der Waals surface area contributed by atoms with Crippen molar-refractivity contribution >= 4 is 5.95 Å². The van der Waals surface area contributed by atoms with Gasteiger partial charge in [0.05, 0.1) is 0 Å². The van der Waals surface area contributed by atoms with Gasteiger partial charge in [-0.3, -0.25) is 0 Å². The fourth-order valence-electron chi connectivity index (χ4n) is 2.38. The Balaban J connectivity index is 1.72. The molecule has 0 saturated heterocycles. The first-order valence-corrected chi connectivity index (χ1v) is 7.77. The van der Waals surface area contributed by atoms with Crippen LogP contribution in [0.4, 0.5) is 5.95 Å². The molecule has 0 unspecified atom stereocenters. The van der Waals surface area contributed by atoms with Crippen molar-refractivity contribution in [2.24, 2.45) is 0 Å². The second kappa shape index (κ2) is 8.47. The molecule has 4 nitrogen and oxygen atoms in total. The van der Waals surface area contributed by atoms with Crippen LogP contribution in [0.25, 0.3) is 0 Å². The van der Waals surface area contributed by atoms with Gasteiger partial charge in [-0.1, -0.05) is 37.3 Å². The fourth-order valence-corrected chi connectivity index (χ4v) is 2.38. The third-order valence-corrected chi connectivity index (χ3v) is 3.48. The molecule has 1 N–H and O–H groups in total. The molecule has 21 heavy (non-hydrogen) atoms. The maximum absolute atomic E-state index is 4.36. The van der Waals surface area contributed by atoms with E-state index in [0.717, 1.165) is 45.0 Å². The molecule has 0 aliphatic rings. The standard InChI is InChI=1S/C17H26N4/c1-3-10-18-17-19-11-14-21(17)13-7-12-20(2)15-16-8-5-4-6-9-16/h4-6,8-9,11,14H,3,7,10,12-13,15H2,1-2H3,(H,18,19). The van der Waals surface area contributed by atoms with Crippen LogP contribution < -0.4 is 5.32 Å². The van der Waals surface area contributed by atoms with Gasteiger partial charge in [0, 0.05) is 32.0 Å². The molecule has 0 amide bonds. The SMILES string of the molecule is CCCNc1nccn1CCCN(C)Cc1ccccc1. The van der Waals surface area contributed by atoms with Crippen molar-refractivity contribution in [1.29, 1.82) is 0 Å². The van der Waals surface area contributed by atoms with Crippen molar-refractivity contribution in [1.82, 2.24) is 14.5 Å². The van der Waals surface area contributed by atoms with E-state index >= 15 is 0 Å². The van der Waals surface area contributed by atoms with Gasteiger partial charge in [0.1, 0.15) is 0 Å². The Labute approximate surface area is 127 Å². The zero-order valence-electron chi connectivity index (χ0n) is 13.1. The first-order chi connectivity index (χ1) is 10.3. The van der Waals surface area contributed by atoms with E-state index in [0.29, 0.717) is 0 Å². The van der Waals surface area contributed by atoms with E-state index in [1.807, 2.05) is 6.20 Å². The first kappa shape index (κ1) is 15.6. The second-order valence-electron chi connectivity index (χ2n) is 5.45. The summed E-state index contributed by atoms with van der Waals surface area (Å²) >= 11 is 0. The van der Waals surface area contributed by atoms with Gasteiger partial charge < -0.3 is 14.8 Å². The molecular formula is C17H26N4. The van der Waals surface area contributed by atoms with Crippen LogP contribution >= 0.6 is 0 Å². The quantitative estimate of drug-likeness (QED) is 0.768. The highest BCUT2D eigenvalue weighted by atomic mass is 15.2. The zero-order chi connectivity index (χ0) is 14.9. The summed E-state index contributed by atoms with van der Waals surface area (Å²) in [5.41, 5.74) is 1.37. The minimum atomic E-state index is 0.977. The number of nitrogens with one attached hydrogen (secondary N) is 1. The molecule has 1 heterocycles. The summed E-state index contributed by atoms with van der Waals surface area (Å²) in [5.74, 6) is 0.988. The summed E-state index contributed by atoms with van der Waals surface area (Å²) in [5, 5.41) is 3.36. The van der Waals surface area contributed by atoms with Crippen molar-refractivity contribution in [3.63, 3.8) is 0 Å². The van der Waals surface area contributed by atoms with Gasteiger partial charge in [0.25, 0.3) is 0 Å². The summed E-state index contributed by atoms with van der Waals surface area (Å²) in [6.45, 7) is 6.24. The molecule has 2 aromatic rings. The Hall–Kier alpha value is -1.81. The van der Waals surface area contributed by atoms with E-state index in [1.165, 1.54) is 5.56 Å². The number of imidazole rings is 1. The number of benzene rings is 1. The molecular weight excluding hydrogens is 260 g/mol. The lowest BCUT2D eigenvalue weighted by molar-refractivity contribution is 0.314. The van der Waals surface area contributed by atoms with Gasteiger partial charge in [-0.25, -0.2) is 4.98 Å². The van der Waals surface area contributed by atoms with Crippen LogP contribution in [-0.2, 0) is 13.1 Å². The summed E-state index contributed by atoms with van der Waals surface area (Å²) in [7, 11) is 2.18. The summed E-state index contributed by atoms with van der Waals surface area (Å²) in [6.07, 6.45) is 6.16. The average molecular weight is 286 g/mol. The highest BCUT2D eigenvalue weighted by Gasteiger charge is 2.03. The van der Waals surface area contributed by atoms with E-state index in [1.54, 1.807) is 0 Å². The minimum absolute atomic E-state index is 0.977. The van der Waals surface area contributed by atoms with Crippen LogP contribution in [-0.4, -0.2) is 34.6 Å². The van der Waals surface area contributed by atoms with E-state index < -0.39 is 0 Å². The number of hydrogen-bond acceptors (Lipinski definition) is 3. The number of nitrogens with zero attached hydrogens (tertiary/aromatic N) is 3. The fraction of sp³-hybridized carbons (Fsp3) is 0.471. The molecule has 0 radical (unpaired) electrons. The van der Waals surface area contributed by atoms with Crippen molar-refractivity contribution in [3.05, 3.63) is 48.3 Å². The third kappa shape index (κ3) is 5.23. The predicted molar refractivity (Wildman–Crippen MR) is 88.4 cm³/mol. The van der Waals surface area contributed by atoms with Crippen LogP contribution in [0.3, 0.4) is 0 Å². The van der Waals surface area contributed by atoms with Crippen LogP contribution in [0.15, 0.2) is 42.7 Å². The lowest BCUT2D eigenvalue weighted by atomic mass is 10.2. The van der Waals surface area contributed by atoms with Gasteiger partial charge in [-0.2, -0.15) is 0 Å². The first-order valence-electron chi connectivity index (χ1n) is 7.77. The molecule has 0 spiro atoms. The van der Waals surface area contributed by atoms with Crippen molar-refractivity contribution in [2.75, 3.05) is 25.5 Å². The van der Waals surface area contributed by atoms with Crippen LogP contribution in [0.2, 0.25) is 0 Å². The molecule has 0 saturated carbocycles. The van der Waals surface area contributed by atoms with E-state index in [9.17, 15) is 0 Å². The Morgan fingerprint density at radius 1 is 1.24 bits per heavy atom. The molecule has 4 heteroatoms. The third-order valence-electron chi connectivity index (χ3n) is 3.48. The molecule has 0 aliphatic carbocycles. The van der Waals surface area contributed by atoms with E-state index in [4.69, 9.17) is 0 Å². The monoisotopic (exact) mass is 286 g/mol. The minimum Gasteiger partial charge on any atom is -0.356 e. The lowest BCUT2D eigenvalue weighted by Crippen LogP contribution is -2.20. The second-order valence-corrected chi connectivity index (χ2v) is 5.45. The van der Waals surface area contributed by atoms with Crippen molar-refractivity contribution in [2.45, 2.75) is 32.9 Å². The van der Waals surface area contributed by atoms with Gasteiger partial charge in [-0.15, -0.1) is 0 Å². The average Bonchev–Trinajstić information content (AvgIpc) is 2.93. The predicted octanol–water partition coefficient (Wildman–Crippen LogP) is 3.23. The van der Waals surface area contributed by atoms with E-state index in [2.05, 4.69) is 70.3 Å². The largest absolute Gasteiger partial charge is 0.356 e. The molecule has 0 aliphatic heterocycles. The lowest BCUT2D eigenvalue weighted by Gasteiger charge is -2.17. The molecule has 114 valence electrons. The van der Waals surface area contributed by atoms with Crippen molar-refractivity contribution in [3.8, 4) is 0 Å². The van der Waals surface area contributed by atoms with Gasteiger partial charge in [0.15, 0.2) is 0 Å². The highest BCUT2D eigenvalue weighted by molar-refractivity contribution is 5.25. The van der Waals surface area contributed by atoms with Crippen molar-refractivity contribution < 1.29 is 0 Å². The van der Waals surface area contributed by atoms with Crippen LogP contribution in [0.5, 0.6) is 0 Å². The highest BCUT2D eigenvalue weighted by Crippen LogP contribution is 2.07. The van der Waals surface area contributed by atoms with Gasteiger partial charge >= 0.3 is 0 Å². The maximum atomic E-state index is 4.36. The molecule has 0 fully saturated rings. The smallest absolute Gasteiger partial charge is 0.202 e. The summed E-state index contributed by atoms with van der Waals surface area (Å²) in [6, 6.07) is 10.6. The molecule has 0 bridgehead atoms. The molecule has 1 aromatic heterocycles. The Morgan fingerprint density at radius 3 is 2.81 bits per heavy atom. The Morgan fingerprint density at radius 2 is 2.05 bits per heavy atom. The summed E-state index contributed by atoms with van der Waals surface area (Å²) in [4.78, 5) is 6.72. The number of rotatable bonds is 9. The van der Waals surface area contributed by atoms with Gasteiger partial charge in [-0.05, 0) is 32.0 Å². The number of hydrogen-bond donors (Lipinski definition) is 1. The Kier molecular flexibility index (Phi) is 6.28. The topological polar surface area (TPSA) is 33.1 Å². The maximum Gasteiger partial charge on any atom is 0.202 e.